The molecule has 1 aliphatic rings. The first-order valence-electron chi connectivity index (χ1n) is 3.52. The van der Waals surface area contributed by atoms with Gasteiger partial charge in [0.15, 0.2) is 0 Å². The van der Waals surface area contributed by atoms with Gasteiger partial charge < -0.3 is 4.90 Å². The summed E-state index contributed by atoms with van der Waals surface area (Å²) in [6, 6.07) is 0. The fourth-order valence-corrected chi connectivity index (χ4v) is 1.12. The molecule has 1 aliphatic heterocycles. The number of hydrogen-bond donors (Lipinski definition) is 0. The monoisotopic (exact) mass is 191 g/mol. The van der Waals surface area contributed by atoms with E-state index in [0.29, 0.717) is 13.0 Å². The third-order valence-electron chi connectivity index (χ3n) is 1.71. The molecule has 0 aromatic carbocycles. The maximum Gasteiger partial charge on any atom is 0.339 e. The number of carbonyl (C=O) groups excluding carboxylic acids is 1. The fourth-order valence-electron chi connectivity index (χ4n) is 1.12. The summed E-state index contributed by atoms with van der Waals surface area (Å²) in [6.45, 7) is 5.48. The first-order valence-corrected chi connectivity index (χ1v) is 3.52. The van der Waals surface area contributed by atoms with Crippen LogP contribution in [0.5, 0.6) is 0 Å². The van der Waals surface area contributed by atoms with E-state index < -0.39 is 6.17 Å². The van der Waals surface area contributed by atoms with Crippen molar-refractivity contribution in [2.45, 2.75) is 12.6 Å². The molecule has 68 valence electrons. The molecule has 0 unspecified atom stereocenters. The normalized spacial score (nSPS) is 21.3. The molecule has 5 heteroatoms. The van der Waals surface area contributed by atoms with Crippen molar-refractivity contribution in [1.82, 2.24) is 4.90 Å². The highest BCUT2D eigenvalue weighted by Gasteiger charge is 2.27. The summed E-state index contributed by atoms with van der Waals surface area (Å²) >= 11 is 0. The van der Waals surface area contributed by atoms with Crippen molar-refractivity contribution in [3.8, 4) is 6.57 Å². The number of carbonyl (C=O) groups is 1. The molecule has 0 aromatic rings. The highest BCUT2D eigenvalue weighted by Crippen LogP contribution is 2.11. The third-order valence-corrected chi connectivity index (χ3v) is 1.71. The van der Waals surface area contributed by atoms with Gasteiger partial charge in [0.25, 0.3) is 6.57 Å². The van der Waals surface area contributed by atoms with Gasteiger partial charge in [-0.3, -0.25) is 4.79 Å². The Kier molecular flexibility index (Phi) is 4.67. The van der Waals surface area contributed by atoms with Crippen molar-refractivity contribution in [3.05, 3.63) is 4.85 Å². The Morgan fingerprint density at radius 1 is 1.75 bits per heavy atom. The summed E-state index contributed by atoms with van der Waals surface area (Å²) in [7, 11) is 0. The van der Waals surface area contributed by atoms with Crippen molar-refractivity contribution in [2.75, 3.05) is 19.6 Å². The van der Waals surface area contributed by atoms with Gasteiger partial charge >= 0.3 is 12.5 Å². The highest BCUT2D eigenvalue weighted by atomic mass is 32.1. The third kappa shape index (κ3) is 2.70. The Labute approximate surface area is 77.8 Å². The van der Waals surface area contributed by atoms with Crippen molar-refractivity contribution in [3.63, 3.8) is 0 Å². The second kappa shape index (κ2) is 4.99. The van der Waals surface area contributed by atoms with Crippen LogP contribution < -0.4 is 0 Å². The molecule has 3 nitrogen and oxygen atoms in total. The number of nitrogens with zero attached hydrogens (tertiary/aromatic N) is 2. The molecule has 0 N–H and O–H groups in total. The minimum Gasteiger partial charge on any atom is -0.333 e. The summed E-state index contributed by atoms with van der Waals surface area (Å²) in [5.74, 6) is -0.187. The highest BCUT2D eigenvalue weighted by molar-refractivity contribution is 7.59. The number of rotatable bonds is 1. The molecular weight excluding hydrogens is 179 g/mol. The summed E-state index contributed by atoms with van der Waals surface area (Å²) < 4.78 is 12.5. The van der Waals surface area contributed by atoms with Crippen molar-refractivity contribution in [2.24, 2.45) is 0 Å². The van der Waals surface area contributed by atoms with Gasteiger partial charge in [0.1, 0.15) is 6.17 Å². The average molecular weight is 191 g/mol. The van der Waals surface area contributed by atoms with E-state index in [-0.39, 0.29) is 32.5 Å². The van der Waals surface area contributed by atoms with Gasteiger partial charge in [0.2, 0.25) is 0 Å². The lowest BCUT2D eigenvalue weighted by atomic mass is 10.3. The zero-order valence-electron chi connectivity index (χ0n) is 6.66. The Bertz CT molecular complexity index is 204. The predicted molar refractivity (Wildman–Crippen MR) is 49.6 cm³/mol. The number of alkyl halides is 1. The minimum atomic E-state index is -0.864. The van der Waals surface area contributed by atoms with E-state index in [4.69, 9.17) is 6.57 Å². The van der Waals surface area contributed by atoms with E-state index in [0.717, 1.165) is 0 Å². The van der Waals surface area contributed by atoms with Gasteiger partial charge in [-0.1, -0.05) is 4.85 Å². The second-order valence-electron chi connectivity index (χ2n) is 2.57. The molecule has 12 heavy (non-hydrogen) atoms. The van der Waals surface area contributed by atoms with Crippen LogP contribution in [0.3, 0.4) is 0 Å². The predicted octanol–water partition coefficient (Wildman–Crippen LogP) is 0.632. The SMILES string of the molecule is C#[N+]CC(=O)N1CC[C@H](F)C1.S. The molecule has 1 fully saturated rings. The quantitative estimate of drug-likeness (QED) is 0.596. The van der Waals surface area contributed by atoms with E-state index in [1.165, 1.54) is 4.90 Å². The maximum absolute atomic E-state index is 12.5. The van der Waals surface area contributed by atoms with E-state index in [1.807, 2.05) is 0 Å². The fraction of sp³-hybridized carbons (Fsp3) is 0.714. The van der Waals surface area contributed by atoms with Crippen LogP contribution in [-0.4, -0.2) is 36.6 Å². The van der Waals surface area contributed by atoms with E-state index in [1.54, 1.807) is 0 Å². The maximum atomic E-state index is 12.5. The van der Waals surface area contributed by atoms with Crippen LogP contribution in [-0.2, 0) is 4.79 Å². The molecule has 0 aromatic heterocycles. The van der Waals surface area contributed by atoms with Gasteiger partial charge in [-0.25, -0.2) is 4.39 Å². The Morgan fingerprint density at radius 3 is 2.83 bits per heavy atom. The van der Waals surface area contributed by atoms with Crippen LogP contribution in [0, 0.1) is 6.57 Å². The summed E-state index contributed by atoms with van der Waals surface area (Å²) in [5, 5.41) is 0. The van der Waals surface area contributed by atoms with Gasteiger partial charge in [-0.2, -0.15) is 13.5 Å². The van der Waals surface area contributed by atoms with Crippen molar-refractivity contribution < 1.29 is 9.18 Å². The summed E-state index contributed by atoms with van der Waals surface area (Å²) in [6.07, 6.45) is -0.423. The molecule has 1 heterocycles. The smallest absolute Gasteiger partial charge is 0.333 e. The summed E-state index contributed by atoms with van der Waals surface area (Å²) in [4.78, 5) is 15.6. The lowest BCUT2D eigenvalue weighted by Gasteiger charge is -2.09. The summed E-state index contributed by atoms with van der Waals surface area (Å²) in [5.41, 5.74) is 0. The van der Waals surface area contributed by atoms with Gasteiger partial charge in [-0.15, -0.1) is 0 Å². The Morgan fingerprint density at radius 2 is 2.42 bits per heavy atom. The molecule has 0 radical (unpaired) electrons. The zero-order chi connectivity index (χ0) is 8.27. The topological polar surface area (TPSA) is 24.7 Å². The number of hydrogen-bond acceptors (Lipinski definition) is 1. The molecule has 1 saturated heterocycles. The van der Waals surface area contributed by atoms with Crippen LogP contribution in [0.1, 0.15) is 6.42 Å². The molecule has 1 rings (SSSR count). The zero-order valence-corrected chi connectivity index (χ0v) is 7.66. The first-order chi connectivity index (χ1) is 5.24. The molecule has 0 aliphatic carbocycles. The molecule has 0 spiro atoms. The van der Waals surface area contributed by atoms with Crippen LogP contribution >= 0.6 is 13.5 Å². The second-order valence-corrected chi connectivity index (χ2v) is 2.57. The van der Waals surface area contributed by atoms with Crippen molar-refractivity contribution in [1.29, 1.82) is 0 Å². The van der Waals surface area contributed by atoms with Crippen LogP contribution in [0.15, 0.2) is 0 Å². The van der Waals surface area contributed by atoms with E-state index in [9.17, 15) is 9.18 Å². The Balaban J connectivity index is 0.00000121. The number of amides is 1. The molecule has 0 saturated carbocycles. The number of halogens is 1. The lowest BCUT2D eigenvalue weighted by molar-refractivity contribution is -0.128. The average Bonchev–Trinajstić information content (AvgIpc) is 2.36. The van der Waals surface area contributed by atoms with Crippen LogP contribution in [0.4, 0.5) is 4.39 Å². The Hall–Kier alpha value is -0.760. The molecule has 1 amide bonds. The van der Waals surface area contributed by atoms with Gasteiger partial charge in [0.05, 0.1) is 6.54 Å². The van der Waals surface area contributed by atoms with Gasteiger partial charge in [-0.05, 0) is 6.42 Å². The lowest BCUT2D eigenvalue weighted by Crippen LogP contribution is -2.30. The molecular formula is C7H12FN2OS+. The van der Waals surface area contributed by atoms with Crippen molar-refractivity contribution >= 4 is 19.4 Å². The number of likely N-dealkylation sites (tertiary alicyclic amines) is 1. The molecule has 1 atom stereocenters. The van der Waals surface area contributed by atoms with E-state index in [2.05, 4.69) is 4.85 Å². The van der Waals surface area contributed by atoms with E-state index >= 15 is 0 Å². The minimum absolute atomic E-state index is 0. The molecule has 0 bridgehead atoms. The van der Waals surface area contributed by atoms with Gasteiger partial charge in [0, 0.05) is 6.54 Å². The van der Waals surface area contributed by atoms with Crippen LogP contribution in [0.2, 0.25) is 0 Å². The van der Waals surface area contributed by atoms with Crippen LogP contribution in [0.25, 0.3) is 4.85 Å². The first kappa shape index (κ1) is 11.2. The largest absolute Gasteiger partial charge is 0.339 e. The standard InChI is InChI=1S/C7H10FN2O.H2S/c1-9-4-7(11)10-3-2-6(8)5-10;/h1,6H,2-5H2;1H2/q+1;/t6-;/m0./s1.